The van der Waals surface area contributed by atoms with Crippen LogP contribution in [0.3, 0.4) is 0 Å². The first-order valence-electron chi connectivity index (χ1n) is 12.4. The second kappa shape index (κ2) is 24.1. The normalized spacial score (nSPS) is 10.9. The van der Waals surface area contributed by atoms with Gasteiger partial charge in [-0.2, -0.15) is 0 Å². The molecule has 0 fully saturated rings. The Kier molecular flexibility index (Phi) is 23.2. The molecular formula is C24H48N2O4. The molecule has 0 aromatic heterocycles. The van der Waals surface area contributed by atoms with E-state index in [1.807, 2.05) is 0 Å². The zero-order valence-electron chi connectivity index (χ0n) is 19.5. The van der Waals surface area contributed by atoms with Crippen molar-refractivity contribution in [3.8, 4) is 0 Å². The number of carbonyl (C=O) groups excluding carboxylic acids is 2. The van der Waals surface area contributed by atoms with Gasteiger partial charge in [-0.15, -0.1) is 0 Å². The predicted octanol–water partition coefficient (Wildman–Crippen LogP) is 4.49. The van der Waals surface area contributed by atoms with Crippen molar-refractivity contribution in [2.45, 2.75) is 110 Å². The molecule has 30 heavy (non-hydrogen) atoms. The summed E-state index contributed by atoms with van der Waals surface area (Å²) < 4.78 is 4.97. The Morgan fingerprint density at radius 2 is 1.23 bits per heavy atom. The number of aliphatic hydroxyl groups excluding tert-OH is 1. The van der Waals surface area contributed by atoms with E-state index in [0.717, 1.165) is 12.8 Å². The van der Waals surface area contributed by atoms with Crippen molar-refractivity contribution in [1.82, 2.24) is 10.6 Å². The van der Waals surface area contributed by atoms with Crippen LogP contribution in [0.15, 0.2) is 0 Å². The number of carbonyl (C=O) groups is 2. The summed E-state index contributed by atoms with van der Waals surface area (Å²) in [7, 11) is 0. The first-order valence-corrected chi connectivity index (χ1v) is 12.4. The predicted molar refractivity (Wildman–Crippen MR) is 123 cm³/mol. The lowest BCUT2D eigenvalue weighted by Gasteiger charge is -2.07. The van der Waals surface area contributed by atoms with Gasteiger partial charge in [-0.05, 0) is 6.42 Å². The van der Waals surface area contributed by atoms with Crippen LogP contribution < -0.4 is 10.6 Å². The zero-order chi connectivity index (χ0) is 22.1. The van der Waals surface area contributed by atoms with Gasteiger partial charge in [-0.25, -0.2) is 0 Å². The number of nitrogens with one attached hydrogen (secondary N) is 2. The van der Waals surface area contributed by atoms with E-state index in [4.69, 9.17) is 9.84 Å². The second-order valence-corrected chi connectivity index (χ2v) is 8.17. The SMILES string of the molecule is CCCCCCCCCCCCCCCCCC(=O)NCCOC(=O)CNCCO. The van der Waals surface area contributed by atoms with Crippen molar-refractivity contribution in [2.75, 3.05) is 32.8 Å². The van der Waals surface area contributed by atoms with Crippen molar-refractivity contribution in [1.29, 1.82) is 0 Å². The Morgan fingerprint density at radius 3 is 1.73 bits per heavy atom. The van der Waals surface area contributed by atoms with Crippen LogP contribution in [0.4, 0.5) is 0 Å². The maximum atomic E-state index is 11.7. The quantitative estimate of drug-likeness (QED) is 0.165. The summed E-state index contributed by atoms with van der Waals surface area (Å²) in [5, 5.41) is 14.1. The number of rotatable bonds is 23. The highest BCUT2D eigenvalue weighted by Gasteiger charge is 2.03. The molecule has 0 saturated heterocycles. The minimum Gasteiger partial charge on any atom is -0.463 e. The first kappa shape index (κ1) is 28.9. The standard InChI is InChI=1S/C24H48N2O4/c1-2-3-4-5-6-7-8-9-10-11-12-13-14-15-16-17-23(28)26-19-21-30-24(29)22-25-18-20-27/h25,27H,2-22H2,1H3,(H,26,28). The lowest BCUT2D eigenvalue weighted by Crippen LogP contribution is -2.31. The third-order valence-electron chi connectivity index (χ3n) is 5.25. The molecule has 0 aliphatic rings. The third kappa shape index (κ3) is 23.1. The van der Waals surface area contributed by atoms with Crippen LogP contribution in [-0.4, -0.2) is 49.8 Å². The van der Waals surface area contributed by atoms with Gasteiger partial charge in [0.25, 0.3) is 0 Å². The molecule has 0 aromatic carbocycles. The number of unbranched alkanes of at least 4 members (excludes halogenated alkanes) is 14. The minimum absolute atomic E-state index is 0.0113. The van der Waals surface area contributed by atoms with Gasteiger partial charge in [0.05, 0.1) is 19.7 Å². The largest absolute Gasteiger partial charge is 0.463 e. The van der Waals surface area contributed by atoms with Gasteiger partial charge in [-0.1, -0.05) is 96.8 Å². The summed E-state index contributed by atoms with van der Waals surface area (Å²) in [6.07, 6.45) is 20.3. The van der Waals surface area contributed by atoms with Crippen molar-refractivity contribution in [2.24, 2.45) is 0 Å². The van der Waals surface area contributed by atoms with E-state index in [9.17, 15) is 9.59 Å². The smallest absolute Gasteiger partial charge is 0.319 e. The van der Waals surface area contributed by atoms with Gasteiger partial charge in [0.2, 0.25) is 5.91 Å². The lowest BCUT2D eigenvalue weighted by atomic mass is 10.0. The molecular weight excluding hydrogens is 380 g/mol. The van der Waals surface area contributed by atoms with E-state index in [-0.39, 0.29) is 31.6 Å². The molecule has 0 rings (SSSR count). The molecule has 0 atom stereocenters. The maximum Gasteiger partial charge on any atom is 0.319 e. The first-order chi connectivity index (χ1) is 14.7. The molecule has 6 nitrogen and oxygen atoms in total. The van der Waals surface area contributed by atoms with E-state index < -0.39 is 0 Å². The third-order valence-corrected chi connectivity index (χ3v) is 5.25. The summed E-state index contributed by atoms with van der Waals surface area (Å²) in [6, 6.07) is 0. The van der Waals surface area contributed by atoms with Crippen molar-refractivity contribution >= 4 is 11.9 Å². The van der Waals surface area contributed by atoms with Gasteiger partial charge in [-0.3, -0.25) is 9.59 Å². The zero-order valence-corrected chi connectivity index (χ0v) is 19.5. The molecule has 1 amide bonds. The maximum absolute atomic E-state index is 11.7. The van der Waals surface area contributed by atoms with Crippen LogP contribution >= 0.6 is 0 Å². The molecule has 0 spiro atoms. The number of hydrogen-bond acceptors (Lipinski definition) is 5. The summed E-state index contributed by atoms with van der Waals surface area (Å²) in [4.78, 5) is 23.1. The van der Waals surface area contributed by atoms with Crippen LogP contribution in [0.5, 0.6) is 0 Å². The molecule has 6 heteroatoms. The number of aliphatic hydroxyl groups is 1. The van der Waals surface area contributed by atoms with E-state index in [0.29, 0.717) is 19.5 Å². The molecule has 0 aliphatic carbocycles. The fourth-order valence-corrected chi connectivity index (χ4v) is 3.42. The van der Waals surface area contributed by atoms with E-state index >= 15 is 0 Å². The Balaban J connectivity index is 3.22. The Morgan fingerprint density at radius 1 is 0.733 bits per heavy atom. The van der Waals surface area contributed by atoms with Crippen LogP contribution in [-0.2, 0) is 14.3 Å². The number of hydrogen-bond donors (Lipinski definition) is 3. The van der Waals surface area contributed by atoms with Gasteiger partial charge in [0.15, 0.2) is 0 Å². The summed E-state index contributed by atoms with van der Waals surface area (Å²) in [5.74, 6) is -0.348. The number of amides is 1. The highest BCUT2D eigenvalue weighted by atomic mass is 16.5. The van der Waals surface area contributed by atoms with E-state index in [1.165, 1.54) is 83.5 Å². The van der Waals surface area contributed by atoms with Crippen LogP contribution in [0, 0.1) is 0 Å². The summed E-state index contributed by atoms with van der Waals surface area (Å²) in [6.45, 7) is 3.23. The average molecular weight is 429 g/mol. The molecule has 178 valence electrons. The summed E-state index contributed by atoms with van der Waals surface area (Å²) in [5.41, 5.74) is 0. The lowest BCUT2D eigenvalue weighted by molar-refractivity contribution is -0.142. The Labute approximate surface area is 184 Å². The van der Waals surface area contributed by atoms with Crippen LogP contribution in [0.25, 0.3) is 0 Å². The molecule has 0 radical (unpaired) electrons. The Bertz CT molecular complexity index is 391. The van der Waals surface area contributed by atoms with Gasteiger partial charge in [0.1, 0.15) is 6.61 Å². The highest BCUT2D eigenvalue weighted by Crippen LogP contribution is 2.13. The van der Waals surface area contributed by atoms with Crippen molar-refractivity contribution in [3.05, 3.63) is 0 Å². The monoisotopic (exact) mass is 428 g/mol. The van der Waals surface area contributed by atoms with E-state index in [2.05, 4.69) is 17.6 Å². The minimum atomic E-state index is -0.375. The number of esters is 1. The Hall–Kier alpha value is -1.14. The molecule has 0 aliphatic heterocycles. The summed E-state index contributed by atoms with van der Waals surface area (Å²) >= 11 is 0. The van der Waals surface area contributed by atoms with Crippen molar-refractivity contribution in [3.63, 3.8) is 0 Å². The highest BCUT2D eigenvalue weighted by molar-refractivity contribution is 5.75. The van der Waals surface area contributed by atoms with Crippen molar-refractivity contribution < 1.29 is 19.4 Å². The fourth-order valence-electron chi connectivity index (χ4n) is 3.42. The molecule has 0 saturated carbocycles. The molecule has 0 bridgehead atoms. The molecule has 0 unspecified atom stereocenters. The topological polar surface area (TPSA) is 87.7 Å². The number of ether oxygens (including phenoxy) is 1. The average Bonchev–Trinajstić information content (AvgIpc) is 2.74. The second-order valence-electron chi connectivity index (χ2n) is 8.17. The van der Waals surface area contributed by atoms with Crippen LogP contribution in [0.2, 0.25) is 0 Å². The van der Waals surface area contributed by atoms with Gasteiger partial charge in [0, 0.05) is 13.0 Å². The molecule has 0 heterocycles. The van der Waals surface area contributed by atoms with Gasteiger partial charge >= 0.3 is 5.97 Å². The molecule has 0 aromatic rings. The molecule has 3 N–H and O–H groups in total. The van der Waals surface area contributed by atoms with Crippen LogP contribution in [0.1, 0.15) is 110 Å². The van der Waals surface area contributed by atoms with Gasteiger partial charge < -0.3 is 20.5 Å². The fraction of sp³-hybridized carbons (Fsp3) is 0.917. The van der Waals surface area contributed by atoms with E-state index in [1.54, 1.807) is 0 Å².